The van der Waals surface area contributed by atoms with E-state index >= 15 is 0 Å². The third-order valence-electron chi connectivity index (χ3n) is 3.83. The van der Waals surface area contributed by atoms with E-state index in [0.717, 1.165) is 41.7 Å². The summed E-state index contributed by atoms with van der Waals surface area (Å²) in [6.45, 7) is 5.19. The van der Waals surface area contributed by atoms with Gasteiger partial charge in [-0.1, -0.05) is 25.2 Å². The topological polar surface area (TPSA) is 49.6 Å². The molecule has 0 radical (unpaired) electrons. The SMILES string of the molecule is CCC(C(N)=S)N1CCN(C(=O)c2cccc(I)c2)CC1. The highest BCUT2D eigenvalue weighted by Gasteiger charge is 2.27. The van der Waals surface area contributed by atoms with Crippen molar-refractivity contribution in [3.8, 4) is 0 Å². The molecule has 2 N–H and O–H groups in total. The fourth-order valence-corrected chi connectivity index (χ4v) is 3.54. The van der Waals surface area contributed by atoms with Crippen LogP contribution in [0.25, 0.3) is 0 Å². The summed E-state index contributed by atoms with van der Waals surface area (Å²) >= 11 is 7.35. The summed E-state index contributed by atoms with van der Waals surface area (Å²) < 4.78 is 1.08. The second-order valence-electron chi connectivity index (χ2n) is 5.16. The third kappa shape index (κ3) is 4.14. The van der Waals surface area contributed by atoms with Crippen molar-refractivity contribution in [1.29, 1.82) is 0 Å². The largest absolute Gasteiger partial charge is 0.392 e. The molecule has 1 heterocycles. The molecule has 0 spiro atoms. The highest BCUT2D eigenvalue weighted by atomic mass is 127. The van der Waals surface area contributed by atoms with Crippen LogP contribution >= 0.6 is 34.8 Å². The van der Waals surface area contributed by atoms with Gasteiger partial charge < -0.3 is 10.6 Å². The van der Waals surface area contributed by atoms with Gasteiger partial charge in [-0.25, -0.2) is 0 Å². The molecule has 1 aliphatic rings. The van der Waals surface area contributed by atoms with E-state index in [-0.39, 0.29) is 11.9 Å². The standard InChI is InChI=1S/C15H20IN3OS/c1-2-13(14(17)21)18-6-8-19(9-7-18)15(20)11-4-3-5-12(16)10-11/h3-5,10,13H,2,6-9H2,1H3,(H2,17,21). The van der Waals surface area contributed by atoms with Crippen molar-refractivity contribution in [3.05, 3.63) is 33.4 Å². The molecule has 1 amide bonds. The minimum atomic E-state index is 0.108. The quantitative estimate of drug-likeness (QED) is 0.603. The fourth-order valence-electron chi connectivity index (χ4n) is 2.68. The van der Waals surface area contributed by atoms with E-state index in [1.54, 1.807) is 0 Å². The van der Waals surface area contributed by atoms with Crippen LogP contribution in [0, 0.1) is 3.57 Å². The van der Waals surface area contributed by atoms with Gasteiger partial charge in [0.05, 0.1) is 11.0 Å². The van der Waals surface area contributed by atoms with Crippen LogP contribution in [0.1, 0.15) is 23.7 Å². The molecule has 1 atom stereocenters. The number of nitrogens with two attached hydrogens (primary N) is 1. The summed E-state index contributed by atoms with van der Waals surface area (Å²) in [7, 11) is 0. The van der Waals surface area contributed by atoms with Crippen LogP contribution in [0.15, 0.2) is 24.3 Å². The highest BCUT2D eigenvalue weighted by molar-refractivity contribution is 14.1. The zero-order chi connectivity index (χ0) is 15.4. The van der Waals surface area contributed by atoms with Crippen molar-refractivity contribution < 1.29 is 4.79 Å². The lowest BCUT2D eigenvalue weighted by atomic mass is 10.1. The molecule has 1 saturated heterocycles. The molecule has 0 aromatic heterocycles. The van der Waals surface area contributed by atoms with Crippen LogP contribution in [-0.2, 0) is 0 Å². The summed E-state index contributed by atoms with van der Waals surface area (Å²) in [5, 5.41) is 0. The molecule has 0 aliphatic carbocycles. The lowest BCUT2D eigenvalue weighted by Gasteiger charge is -2.38. The first kappa shape index (κ1) is 16.6. The predicted octanol–water partition coefficient (Wildman–Crippen LogP) is 2.11. The molecule has 1 aromatic carbocycles. The van der Waals surface area contributed by atoms with Crippen LogP contribution in [0.2, 0.25) is 0 Å². The Labute approximate surface area is 144 Å². The molecule has 4 nitrogen and oxygen atoms in total. The number of hydrogen-bond acceptors (Lipinski definition) is 3. The second-order valence-corrected chi connectivity index (χ2v) is 6.88. The average Bonchev–Trinajstić information content (AvgIpc) is 2.47. The molecule has 0 saturated carbocycles. The Hall–Kier alpha value is -0.730. The van der Waals surface area contributed by atoms with E-state index in [4.69, 9.17) is 18.0 Å². The van der Waals surface area contributed by atoms with E-state index in [2.05, 4.69) is 34.4 Å². The third-order valence-corrected chi connectivity index (χ3v) is 4.77. The van der Waals surface area contributed by atoms with Gasteiger partial charge in [0.1, 0.15) is 0 Å². The number of carbonyl (C=O) groups is 1. The van der Waals surface area contributed by atoms with Crippen molar-refractivity contribution in [2.24, 2.45) is 5.73 Å². The Kier molecular flexibility index (Phi) is 5.95. The number of piperazine rings is 1. The fraction of sp³-hybridized carbons (Fsp3) is 0.467. The zero-order valence-electron chi connectivity index (χ0n) is 12.1. The maximum absolute atomic E-state index is 12.5. The number of carbonyl (C=O) groups excluding carboxylic acids is 1. The van der Waals surface area contributed by atoms with Crippen LogP contribution in [0.4, 0.5) is 0 Å². The molecule has 1 aliphatic heterocycles. The number of nitrogens with zero attached hydrogens (tertiary/aromatic N) is 2. The van der Waals surface area contributed by atoms with Crippen LogP contribution in [0.5, 0.6) is 0 Å². The van der Waals surface area contributed by atoms with Gasteiger partial charge in [-0.05, 0) is 47.2 Å². The van der Waals surface area contributed by atoms with Crippen LogP contribution in [-0.4, -0.2) is 52.9 Å². The van der Waals surface area contributed by atoms with Gasteiger partial charge in [0.15, 0.2) is 0 Å². The lowest BCUT2D eigenvalue weighted by Crippen LogP contribution is -2.54. The number of benzene rings is 1. The van der Waals surface area contributed by atoms with Gasteiger partial charge in [-0.3, -0.25) is 9.69 Å². The van der Waals surface area contributed by atoms with Crippen molar-refractivity contribution in [1.82, 2.24) is 9.80 Å². The number of halogens is 1. The second kappa shape index (κ2) is 7.51. The van der Waals surface area contributed by atoms with E-state index in [0.29, 0.717) is 4.99 Å². The van der Waals surface area contributed by atoms with Crippen LogP contribution < -0.4 is 5.73 Å². The molecule has 6 heteroatoms. The highest BCUT2D eigenvalue weighted by Crippen LogP contribution is 2.14. The van der Waals surface area contributed by atoms with Gasteiger partial charge >= 0.3 is 0 Å². The van der Waals surface area contributed by atoms with Crippen molar-refractivity contribution >= 4 is 45.7 Å². The molecular weight excluding hydrogens is 397 g/mol. The van der Waals surface area contributed by atoms with Gasteiger partial charge in [0.2, 0.25) is 0 Å². The van der Waals surface area contributed by atoms with Gasteiger partial charge in [0.25, 0.3) is 5.91 Å². The molecule has 1 aromatic rings. The Morgan fingerprint density at radius 3 is 2.57 bits per heavy atom. The minimum Gasteiger partial charge on any atom is -0.392 e. The molecule has 21 heavy (non-hydrogen) atoms. The van der Waals surface area contributed by atoms with Gasteiger partial charge in [-0.2, -0.15) is 0 Å². The summed E-state index contributed by atoms with van der Waals surface area (Å²) in [5.74, 6) is 0.108. The first-order valence-corrected chi connectivity index (χ1v) is 8.60. The first-order chi connectivity index (χ1) is 10.0. The minimum absolute atomic E-state index is 0.108. The number of thiocarbonyl (C=S) groups is 1. The molecular formula is C15H20IN3OS. The summed E-state index contributed by atoms with van der Waals surface area (Å²) in [6, 6.07) is 7.86. The van der Waals surface area contributed by atoms with E-state index < -0.39 is 0 Å². The Balaban J connectivity index is 1.97. The number of rotatable bonds is 4. The zero-order valence-corrected chi connectivity index (χ0v) is 15.1. The first-order valence-electron chi connectivity index (χ1n) is 7.11. The number of hydrogen-bond donors (Lipinski definition) is 1. The molecule has 114 valence electrons. The van der Waals surface area contributed by atoms with Crippen molar-refractivity contribution in [2.75, 3.05) is 26.2 Å². The van der Waals surface area contributed by atoms with E-state index in [9.17, 15) is 4.79 Å². The Morgan fingerprint density at radius 1 is 1.38 bits per heavy atom. The van der Waals surface area contributed by atoms with Crippen LogP contribution in [0.3, 0.4) is 0 Å². The Bertz CT molecular complexity index is 529. The maximum Gasteiger partial charge on any atom is 0.253 e. The predicted molar refractivity (Wildman–Crippen MR) is 97.5 cm³/mol. The molecule has 1 fully saturated rings. The smallest absolute Gasteiger partial charge is 0.253 e. The summed E-state index contributed by atoms with van der Waals surface area (Å²) in [5.41, 5.74) is 6.55. The molecule has 0 bridgehead atoms. The van der Waals surface area contributed by atoms with E-state index in [1.807, 2.05) is 29.2 Å². The monoisotopic (exact) mass is 417 g/mol. The van der Waals surface area contributed by atoms with Crippen molar-refractivity contribution in [2.45, 2.75) is 19.4 Å². The lowest BCUT2D eigenvalue weighted by molar-refractivity contribution is 0.0611. The summed E-state index contributed by atoms with van der Waals surface area (Å²) in [4.78, 5) is 17.2. The molecule has 1 unspecified atom stereocenters. The summed E-state index contributed by atoms with van der Waals surface area (Å²) in [6.07, 6.45) is 0.917. The van der Waals surface area contributed by atoms with E-state index in [1.165, 1.54) is 0 Å². The Morgan fingerprint density at radius 2 is 2.05 bits per heavy atom. The number of amides is 1. The average molecular weight is 417 g/mol. The van der Waals surface area contributed by atoms with Crippen molar-refractivity contribution in [3.63, 3.8) is 0 Å². The maximum atomic E-state index is 12.5. The molecule has 2 rings (SSSR count). The van der Waals surface area contributed by atoms with Gasteiger partial charge in [-0.15, -0.1) is 0 Å². The van der Waals surface area contributed by atoms with Gasteiger partial charge in [0, 0.05) is 35.3 Å². The normalized spacial score (nSPS) is 17.5.